The van der Waals surface area contributed by atoms with Gasteiger partial charge in [0.1, 0.15) is 0 Å². The zero-order valence-corrected chi connectivity index (χ0v) is 5.58. The smallest absolute Gasteiger partial charge is 0.184 e. The van der Waals surface area contributed by atoms with Crippen LogP contribution in [0.5, 0.6) is 0 Å². The Morgan fingerprint density at radius 1 is 0.857 bits per heavy atom. The van der Waals surface area contributed by atoms with Gasteiger partial charge in [-0.25, -0.2) is 0 Å². The summed E-state index contributed by atoms with van der Waals surface area (Å²) < 4.78 is 37.7. The van der Waals surface area contributed by atoms with Crippen LogP contribution in [0.1, 0.15) is 0 Å². The molecule has 40 valence electrons. The average Bonchev–Trinajstić information content (AvgIpc) is 1.27. The summed E-state index contributed by atoms with van der Waals surface area (Å²) in [6, 6.07) is 0. The van der Waals surface area contributed by atoms with Crippen molar-refractivity contribution in [2.75, 3.05) is 0 Å². The Bertz CT molecular complexity index is 250. The van der Waals surface area contributed by atoms with E-state index in [1.165, 1.54) is 0 Å². The van der Waals surface area contributed by atoms with Crippen LogP contribution in [0.25, 0.3) is 0 Å². The fraction of sp³-hybridized carbons (Fsp3) is 0. The van der Waals surface area contributed by atoms with E-state index in [-0.39, 0.29) is 0 Å². The van der Waals surface area contributed by atoms with Crippen molar-refractivity contribution in [1.82, 2.24) is 0 Å². The lowest BCUT2D eigenvalue weighted by molar-refractivity contribution is 0.627. The summed E-state index contributed by atoms with van der Waals surface area (Å²) in [7, 11) is -4.86. The maximum absolute atomic E-state index is 9.43. The highest BCUT2D eigenvalue weighted by molar-refractivity contribution is 7.96. The van der Waals surface area contributed by atoms with E-state index in [4.69, 9.17) is 0 Å². The molecule has 4 nitrogen and oxygen atoms in total. The molecule has 0 saturated carbocycles. The molecule has 7 heteroatoms. The van der Waals surface area contributed by atoms with E-state index in [1.54, 1.807) is 0 Å². The van der Waals surface area contributed by atoms with Gasteiger partial charge in [0.15, 0.2) is 0 Å². The van der Waals surface area contributed by atoms with Gasteiger partial charge in [0.25, 0.3) is 6.94 Å². The van der Waals surface area contributed by atoms with Gasteiger partial charge in [-0.1, -0.05) is 0 Å². The predicted octanol–water partition coefficient (Wildman–Crippen LogP) is -1.72. The van der Waals surface area contributed by atoms with Gasteiger partial charge in [-0.15, -0.1) is 0 Å². The van der Waals surface area contributed by atoms with E-state index in [2.05, 4.69) is 0 Å². The van der Waals surface area contributed by atoms with Gasteiger partial charge in [-0.05, 0) is 0 Å². The second-order valence-electron chi connectivity index (χ2n) is 0.553. The van der Waals surface area contributed by atoms with Crippen molar-refractivity contribution in [1.29, 1.82) is 0 Å². The molecule has 0 rings (SSSR count). The van der Waals surface area contributed by atoms with Crippen molar-refractivity contribution in [3.8, 4) is 0 Å². The third-order valence-corrected chi connectivity index (χ3v) is 3.67. The molecule has 0 radical (unpaired) electrons. The molecule has 0 aromatic rings. The maximum Gasteiger partial charge on any atom is 0.287 e. The highest BCUT2D eigenvalue weighted by Gasteiger charge is 1.58. The second kappa shape index (κ2) is 2.94. The van der Waals surface area contributed by atoms with E-state index in [1.807, 2.05) is 0 Å². The Balaban J connectivity index is 5.91. The van der Waals surface area contributed by atoms with Gasteiger partial charge >= 0.3 is 0 Å². The molecule has 0 aliphatic carbocycles. The van der Waals surface area contributed by atoms with Gasteiger partial charge in [-0.3, -0.25) is 0 Å². The zero-order chi connectivity index (χ0) is 5.86. The SMILES string of the molecule is O=S(=O)=[Si]=S(=O)=O. The van der Waals surface area contributed by atoms with Gasteiger partial charge in [-0.2, -0.15) is 16.8 Å². The number of hydrogen-bond acceptors (Lipinski definition) is 4. The quantitative estimate of drug-likeness (QED) is 0.391. The maximum atomic E-state index is 9.43. The van der Waals surface area contributed by atoms with Crippen LogP contribution in [0.2, 0.25) is 0 Å². The van der Waals surface area contributed by atoms with Crippen LogP contribution in [0.3, 0.4) is 0 Å². The molecule has 0 atom stereocenters. The molecular weight excluding hydrogens is 156 g/mol. The van der Waals surface area contributed by atoms with Crippen LogP contribution in [0, 0.1) is 0 Å². The first-order chi connectivity index (χ1) is 3.13. The minimum atomic E-state index is -2.43. The Hall–Kier alpha value is -0.143. The standard InChI is InChI=1S/O4S2Si/c1-5(2)7-6(3)4. The van der Waals surface area contributed by atoms with Crippen LogP contribution in [0.15, 0.2) is 0 Å². The molecule has 0 aliphatic heterocycles. The third kappa shape index (κ3) is 5.86. The first-order valence-corrected chi connectivity index (χ1v) is 5.67. The van der Waals surface area contributed by atoms with Crippen LogP contribution in [-0.2, 0) is 19.4 Å². The van der Waals surface area contributed by atoms with Crippen LogP contribution in [0.4, 0.5) is 0 Å². The molecule has 0 aliphatic rings. The van der Waals surface area contributed by atoms with E-state index in [0.717, 1.165) is 0 Å². The lowest BCUT2D eigenvalue weighted by Crippen LogP contribution is -1.60. The molecule has 0 N–H and O–H groups in total. The molecule has 0 spiro atoms. The van der Waals surface area contributed by atoms with Crippen molar-refractivity contribution < 1.29 is 16.8 Å². The van der Waals surface area contributed by atoms with Crippen molar-refractivity contribution in [2.24, 2.45) is 0 Å². The molecule has 0 bridgehead atoms. The van der Waals surface area contributed by atoms with Crippen molar-refractivity contribution >= 4 is 26.3 Å². The molecule has 0 heterocycles. The summed E-state index contributed by atoms with van der Waals surface area (Å²) >= 11 is 0. The second-order valence-corrected chi connectivity index (χ2v) is 5.66. The zero-order valence-electron chi connectivity index (χ0n) is 2.95. The van der Waals surface area contributed by atoms with Gasteiger partial charge in [0, 0.05) is 0 Å². The molecule has 7 heavy (non-hydrogen) atoms. The topological polar surface area (TPSA) is 68.3 Å². The Kier molecular flexibility index (Phi) is 2.88. The van der Waals surface area contributed by atoms with Crippen LogP contribution < -0.4 is 0 Å². The molecule has 0 aromatic carbocycles. The van der Waals surface area contributed by atoms with Gasteiger partial charge in [0.2, 0.25) is 19.4 Å². The summed E-state index contributed by atoms with van der Waals surface area (Å²) in [4.78, 5) is 0. The lowest BCUT2D eigenvalue weighted by atomic mass is 15.9. The highest BCUT2D eigenvalue weighted by Crippen LogP contribution is 1.25. The normalized spacial score (nSPS) is 6.86. The molecule has 0 aromatic heterocycles. The van der Waals surface area contributed by atoms with Crippen LogP contribution in [-0.4, -0.2) is 23.8 Å². The Labute approximate surface area is 43.8 Å². The fourth-order valence-electron chi connectivity index (χ4n) is 0.0556. The molecule has 0 amide bonds. The van der Waals surface area contributed by atoms with E-state index >= 15 is 0 Å². The van der Waals surface area contributed by atoms with E-state index < -0.39 is 26.3 Å². The summed E-state index contributed by atoms with van der Waals surface area (Å²) in [6.45, 7) is -1.02. The number of hydrogen-bond donors (Lipinski definition) is 0. The van der Waals surface area contributed by atoms with Crippen molar-refractivity contribution in [3.05, 3.63) is 0 Å². The third-order valence-electron chi connectivity index (χ3n) is 0.136. The van der Waals surface area contributed by atoms with E-state index in [0.29, 0.717) is 0 Å². The Morgan fingerprint density at radius 3 is 1.14 bits per heavy atom. The van der Waals surface area contributed by atoms with E-state index in [9.17, 15) is 16.8 Å². The summed E-state index contributed by atoms with van der Waals surface area (Å²) in [5.74, 6) is 0. The summed E-state index contributed by atoms with van der Waals surface area (Å²) in [5, 5.41) is 0. The minimum absolute atomic E-state index is 1.02. The largest absolute Gasteiger partial charge is 0.287 e. The molecule has 0 unspecified atom stereocenters. The summed E-state index contributed by atoms with van der Waals surface area (Å²) in [6.07, 6.45) is 0. The predicted molar refractivity (Wildman–Crippen MR) is 23.6 cm³/mol. The monoisotopic (exact) mass is 156 g/mol. The molecule has 0 fully saturated rings. The highest BCUT2D eigenvalue weighted by atomic mass is 32.4. The fourth-order valence-corrected chi connectivity index (χ4v) is 1.50. The van der Waals surface area contributed by atoms with Crippen molar-refractivity contribution in [3.63, 3.8) is 0 Å². The lowest BCUT2D eigenvalue weighted by Gasteiger charge is -1.30. The number of rotatable bonds is 0. The van der Waals surface area contributed by atoms with Gasteiger partial charge < -0.3 is 0 Å². The molecular formula is O4S2Si. The Morgan fingerprint density at radius 2 is 1.14 bits per heavy atom. The van der Waals surface area contributed by atoms with Gasteiger partial charge in [0.05, 0.1) is 0 Å². The minimum Gasteiger partial charge on any atom is -0.184 e. The average molecular weight is 156 g/mol. The summed E-state index contributed by atoms with van der Waals surface area (Å²) in [5.41, 5.74) is 0. The van der Waals surface area contributed by atoms with Crippen LogP contribution >= 0.6 is 0 Å². The first-order valence-electron chi connectivity index (χ1n) is 1.07. The van der Waals surface area contributed by atoms with Crippen molar-refractivity contribution in [2.45, 2.75) is 0 Å². The first kappa shape index (κ1) is 6.86. The molecule has 0 saturated heterocycles.